The Balaban J connectivity index is 1.76. The molecule has 0 spiro atoms. The van der Waals surface area contributed by atoms with Crippen molar-refractivity contribution in [3.8, 4) is 6.07 Å². The van der Waals surface area contributed by atoms with E-state index in [0.717, 1.165) is 32.7 Å². The molecule has 0 amide bonds. The molecule has 1 heterocycles. The zero-order chi connectivity index (χ0) is 12.2. The monoisotopic (exact) mass is 241 g/mol. The van der Waals surface area contributed by atoms with Gasteiger partial charge in [0.1, 0.15) is 0 Å². The number of hydrogen-bond donors (Lipinski definition) is 0. The van der Waals surface area contributed by atoms with Crippen LogP contribution < -0.4 is 0 Å². The summed E-state index contributed by atoms with van der Waals surface area (Å²) in [6, 6.07) is 2.05. The Labute approximate surface area is 104 Å². The molecule has 98 valence electrons. The molecule has 0 aromatic carbocycles. The van der Waals surface area contributed by atoms with Crippen LogP contribution in [0.2, 0.25) is 0 Å². The highest BCUT2D eigenvalue weighted by Gasteiger charge is 2.12. The number of nitriles is 1. The Hall–Kier alpha value is -0.630. The Morgan fingerprint density at radius 3 is 2.65 bits per heavy atom. The minimum atomic E-state index is 0.413. The molecule has 1 saturated heterocycles. The maximum Gasteiger partial charge on any atom is 0.0645 e. The highest BCUT2D eigenvalue weighted by atomic mass is 16.5. The highest BCUT2D eigenvalue weighted by Crippen LogP contribution is 2.15. The van der Waals surface area contributed by atoms with Gasteiger partial charge in [0, 0.05) is 26.4 Å². The number of rotatable bonds is 9. The SMILES string of the molecule is N#CCCOCCCOCCC1CCCCO1. The fourth-order valence-electron chi connectivity index (χ4n) is 1.83. The van der Waals surface area contributed by atoms with E-state index in [1.54, 1.807) is 0 Å². The number of nitrogens with zero attached hydrogens (tertiary/aromatic N) is 1. The Morgan fingerprint density at radius 1 is 1.12 bits per heavy atom. The van der Waals surface area contributed by atoms with Crippen LogP contribution in [-0.4, -0.2) is 39.1 Å². The zero-order valence-corrected chi connectivity index (χ0v) is 10.5. The summed E-state index contributed by atoms with van der Waals surface area (Å²) in [5, 5.41) is 8.30. The molecule has 1 aliphatic heterocycles. The van der Waals surface area contributed by atoms with Gasteiger partial charge in [-0.15, -0.1) is 0 Å². The van der Waals surface area contributed by atoms with Crippen LogP contribution in [0.3, 0.4) is 0 Å². The first-order valence-electron chi connectivity index (χ1n) is 6.57. The van der Waals surface area contributed by atoms with Crippen LogP contribution in [0.25, 0.3) is 0 Å². The molecule has 1 fully saturated rings. The average molecular weight is 241 g/mol. The molecular formula is C13H23NO3. The topological polar surface area (TPSA) is 51.5 Å². The first-order chi connectivity index (χ1) is 8.43. The van der Waals surface area contributed by atoms with Gasteiger partial charge in [0.15, 0.2) is 0 Å². The van der Waals surface area contributed by atoms with Crippen molar-refractivity contribution < 1.29 is 14.2 Å². The van der Waals surface area contributed by atoms with Gasteiger partial charge in [0.25, 0.3) is 0 Å². The van der Waals surface area contributed by atoms with Crippen LogP contribution in [-0.2, 0) is 14.2 Å². The summed E-state index contributed by atoms with van der Waals surface area (Å²) < 4.78 is 16.4. The number of ether oxygens (including phenoxy) is 3. The first kappa shape index (κ1) is 14.4. The van der Waals surface area contributed by atoms with Crippen LogP contribution in [0.15, 0.2) is 0 Å². The standard InChI is InChI=1S/C13H23NO3/c14-7-3-8-15-9-4-10-16-12-6-13-5-1-2-11-17-13/h13H,1-6,8-12H2. The van der Waals surface area contributed by atoms with Crippen molar-refractivity contribution in [3.63, 3.8) is 0 Å². The van der Waals surface area contributed by atoms with E-state index in [-0.39, 0.29) is 0 Å². The van der Waals surface area contributed by atoms with Gasteiger partial charge in [-0.3, -0.25) is 0 Å². The van der Waals surface area contributed by atoms with Crippen LogP contribution in [0, 0.1) is 11.3 Å². The molecule has 1 atom stereocenters. The van der Waals surface area contributed by atoms with Crippen molar-refractivity contribution >= 4 is 0 Å². The predicted octanol–water partition coefficient (Wildman–Crippen LogP) is 2.28. The molecule has 0 aromatic rings. The van der Waals surface area contributed by atoms with E-state index in [2.05, 4.69) is 0 Å². The van der Waals surface area contributed by atoms with E-state index < -0.39 is 0 Å². The van der Waals surface area contributed by atoms with E-state index in [1.807, 2.05) is 6.07 Å². The third kappa shape index (κ3) is 8.14. The Bertz CT molecular complexity index is 209. The second-order valence-corrected chi connectivity index (χ2v) is 4.26. The molecule has 4 nitrogen and oxygen atoms in total. The highest BCUT2D eigenvalue weighted by molar-refractivity contribution is 4.67. The summed E-state index contributed by atoms with van der Waals surface area (Å²) in [4.78, 5) is 0. The van der Waals surface area contributed by atoms with Gasteiger partial charge >= 0.3 is 0 Å². The summed E-state index contributed by atoms with van der Waals surface area (Å²) >= 11 is 0. The average Bonchev–Trinajstić information content (AvgIpc) is 2.38. The quantitative estimate of drug-likeness (QED) is 0.581. The first-order valence-corrected chi connectivity index (χ1v) is 6.57. The maximum absolute atomic E-state index is 8.30. The normalized spacial score (nSPS) is 20.1. The van der Waals surface area contributed by atoms with E-state index in [4.69, 9.17) is 19.5 Å². The lowest BCUT2D eigenvalue weighted by Crippen LogP contribution is -2.20. The summed E-state index contributed by atoms with van der Waals surface area (Å²) in [6.45, 7) is 3.65. The number of hydrogen-bond acceptors (Lipinski definition) is 4. The molecule has 0 N–H and O–H groups in total. The van der Waals surface area contributed by atoms with Gasteiger partial charge in [-0.05, 0) is 32.1 Å². The summed E-state index contributed by atoms with van der Waals surface area (Å²) in [5.74, 6) is 0. The molecule has 0 radical (unpaired) electrons. The summed E-state index contributed by atoms with van der Waals surface area (Å²) in [5.41, 5.74) is 0. The van der Waals surface area contributed by atoms with Crippen LogP contribution in [0.1, 0.15) is 38.5 Å². The molecule has 0 aliphatic carbocycles. The van der Waals surface area contributed by atoms with Crippen molar-refractivity contribution in [2.45, 2.75) is 44.6 Å². The van der Waals surface area contributed by atoms with Crippen molar-refractivity contribution in [3.05, 3.63) is 0 Å². The molecule has 1 unspecified atom stereocenters. The van der Waals surface area contributed by atoms with E-state index in [1.165, 1.54) is 19.3 Å². The van der Waals surface area contributed by atoms with E-state index in [9.17, 15) is 0 Å². The van der Waals surface area contributed by atoms with Gasteiger partial charge in [0.05, 0.1) is 25.2 Å². The van der Waals surface area contributed by atoms with Crippen molar-refractivity contribution in [2.24, 2.45) is 0 Å². The van der Waals surface area contributed by atoms with Crippen LogP contribution >= 0.6 is 0 Å². The molecule has 0 bridgehead atoms. The molecular weight excluding hydrogens is 218 g/mol. The maximum atomic E-state index is 8.30. The predicted molar refractivity (Wildman–Crippen MR) is 64.7 cm³/mol. The second kappa shape index (κ2) is 10.5. The lowest BCUT2D eigenvalue weighted by atomic mass is 10.1. The summed E-state index contributed by atoms with van der Waals surface area (Å²) in [6.07, 6.45) is 6.47. The molecule has 1 aliphatic rings. The molecule has 17 heavy (non-hydrogen) atoms. The van der Waals surface area contributed by atoms with Gasteiger partial charge in [-0.1, -0.05) is 0 Å². The second-order valence-electron chi connectivity index (χ2n) is 4.26. The fraction of sp³-hybridized carbons (Fsp3) is 0.923. The van der Waals surface area contributed by atoms with Gasteiger partial charge < -0.3 is 14.2 Å². The largest absolute Gasteiger partial charge is 0.381 e. The lowest BCUT2D eigenvalue weighted by molar-refractivity contribution is -0.00945. The Morgan fingerprint density at radius 2 is 1.94 bits per heavy atom. The third-order valence-corrected chi connectivity index (χ3v) is 2.79. The van der Waals surface area contributed by atoms with Crippen molar-refractivity contribution in [1.82, 2.24) is 0 Å². The van der Waals surface area contributed by atoms with Gasteiger partial charge in [-0.2, -0.15) is 5.26 Å². The van der Waals surface area contributed by atoms with Crippen LogP contribution in [0.4, 0.5) is 0 Å². The lowest BCUT2D eigenvalue weighted by Gasteiger charge is -2.22. The smallest absolute Gasteiger partial charge is 0.0645 e. The minimum absolute atomic E-state index is 0.413. The molecule has 4 heteroatoms. The van der Waals surface area contributed by atoms with Crippen molar-refractivity contribution in [1.29, 1.82) is 5.26 Å². The van der Waals surface area contributed by atoms with Crippen molar-refractivity contribution in [2.75, 3.05) is 33.0 Å². The minimum Gasteiger partial charge on any atom is -0.381 e. The molecule has 1 rings (SSSR count). The van der Waals surface area contributed by atoms with E-state index >= 15 is 0 Å². The van der Waals surface area contributed by atoms with Crippen LogP contribution in [0.5, 0.6) is 0 Å². The Kier molecular flexibility index (Phi) is 8.93. The summed E-state index contributed by atoms with van der Waals surface area (Å²) in [7, 11) is 0. The molecule has 0 aromatic heterocycles. The van der Waals surface area contributed by atoms with E-state index in [0.29, 0.717) is 25.7 Å². The fourth-order valence-corrected chi connectivity index (χ4v) is 1.83. The van der Waals surface area contributed by atoms with Gasteiger partial charge in [0.2, 0.25) is 0 Å². The van der Waals surface area contributed by atoms with Gasteiger partial charge in [-0.25, -0.2) is 0 Å². The molecule has 0 saturated carbocycles. The zero-order valence-electron chi connectivity index (χ0n) is 10.5. The third-order valence-electron chi connectivity index (χ3n) is 2.79.